The van der Waals surface area contributed by atoms with Crippen LogP contribution in [0.1, 0.15) is 12.8 Å². The molecular formula is C5H11NO6S. The molecule has 1 unspecified atom stereocenters. The van der Waals surface area contributed by atoms with Gasteiger partial charge in [-0.05, 0) is 19.4 Å². The van der Waals surface area contributed by atoms with E-state index in [1.807, 2.05) is 0 Å². The van der Waals surface area contributed by atoms with E-state index in [-0.39, 0.29) is 6.04 Å². The molecular weight excluding hydrogens is 202 g/mol. The second-order valence-electron chi connectivity index (χ2n) is 2.44. The second-order valence-corrected chi connectivity index (χ2v) is 3.33. The maximum absolute atomic E-state index is 10.1. The summed E-state index contributed by atoms with van der Waals surface area (Å²) in [6.45, 7) is 0.858. The fourth-order valence-electron chi connectivity index (χ4n) is 0.895. The van der Waals surface area contributed by atoms with Gasteiger partial charge >= 0.3 is 16.4 Å². The molecule has 8 heteroatoms. The summed E-state index contributed by atoms with van der Waals surface area (Å²) < 4.78 is 31.6. The Morgan fingerprint density at radius 2 is 1.85 bits per heavy atom. The molecule has 1 saturated heterocycles. The SMILES string of the molecule is O=C(O)C1CCCN1.O=S(=O)(O)O. The van der Waals surface area contributed by atoms with Gasteiger partial charge in [-0.1, -0.05) is 0 Å². The van der Waals surface area contributed by atoms with E-state index < -0.39 is 16.4 Å². The number of rotatable bonds is 1. The molecule has 13 heavy (non-hydrogen) atoms. The smallest absolute Gasteiger partial charge is 0.394 e. The van der Waals surface area contributed by atoms with Crippen LogP contribution in [0.4, 0.5) is 0 Å². The van der Waals surface area contributed by atoms with E-state index in [4.69, 9.17) is 22.6 Å². The Labute approximate surface area is 75.3 Å². The fourth-order valence-corrected chi connectivity index (χ4v) is 0.895. The van der Waals surface area contributed by atoms with Crippen molar-refractivity contribution < 1.29 is 27.4 Å². The number of carboxylic acids is 1. The summed E-state index contributed by atoms with van der Waals surface area (Å²) in [4.78, 5) is 10.1. The zero-order valence-corrected chi connectivity index (χ0v) is 7.49. The first-order chi connectivity index (χ1) is 5.80. The van der Waals surface area contributed by atoms with E-state index >= 15 is 0 Å². The lowest BCUT2D eigenvalue weighted by atomic mass is 10.2. The van der Waals surface area contributed by atoms with Crippen molar-refractivity contribution in [2.75, 3.05) is 6.54 Å². The topological polar surface area (TPSA) is 124 Å². The van der Waals surface area contributed by atoms with Crippen LogP contribution in [0.5, 0.6) is 0 Å². The van der Waals surface area contributed by atoms with Crippen LogP contribution in [-0.2, 0) is 15.2 Å². The van der Waals surface area contributed by atoms with Gasteiger partial charge in [0, 0.05) is 0 Å². The summed E-state index contributed by atoms with van der Waals surface area (Å²) in [5, 5.41) is 11.2. The van der Waals surface area contributed by atoms with Crippen LogP contribution in [0.2, 0.25) is 0 Å². The predicted octanol–water partition coefficient (Wildman–Crippen LogP) is -0.830. The van der Waals surface area contributed by atoms with Gasteiger partial charge < -0.3 is 10.4 Å². The van der Waals surface area contributed by atoms with Crippen LogP contribution in [-0.4, -0.2) is 41.2 Å². The molecule has 0 spiro atoms. The number of carboxylic acid groups (broad SMARTS) is 1. The molecule has 7 nitrogen and oxygen atoms in total. The predicted molar refractivity (Wildman–Crippen MR) is 42.8 cm³/mol. The zero-order chi connectivity index (χ0) is 10.5. The molecule has 78 valence electrons. The van der Waals surface area contributed by atoms with Crippen molar-refractivity contribution in [3.63, 3.8) is 0 Å². The first kappa shape index (κ1) is 12.3. The minimum absolute atomic E-state index is 0.269. The van der Waals surface area contributed by atoms with Gasteiger partial charge in [-0.25, -0.2) is 0 Å². The third kappa shape index (κ3) is 9.21. The van der Waals surface area contributed by atoms with Gasteiger partial charge in [0.05, 0.1) is 0 Å². The average Bonchev–Trinajstić information content (AvgIpc) is 2.31. The molecule has 1 heterocycles. The summed E-state index contributed by atoms with van der Waals surface area (Å²) in [5.74, 6) is -0.720. The molecule has 1 fully saturated rings. The average molecular weight is 213 g/mol. The van der Waals surface area contributed by atoms with E-state index in [0.717, 1.165) is 19.4 Å². The Kier molecular flexibility index (Phi) is 4.85. The van der Waals surface area contributed by atoms with Crippen LogP contribution in [0.15, 0.2) is 0 Å². The summed E-state index contributed by atoms with van der Waals surface area (Å²) in [6.07, 6.45) is 1.78. The van der Waals surface area contributed by atoms with Gasteiger partial charge in [0.1, 0.15) is 6.04 Å². The van der Waals surface area contributed by atoms with Gasteiger partial charge in [0.25, 0.3) is 0 Å². The van der Waals surface area contributed by atoms with Crippen molar-refractivity contribution in [2.24, 2.45) is 0 Å². The highest BCUT2D eigenvalue weighted by Gasteiger charge is 2.20. The van der Waals surface area contributed by atoms with Crippen LogP contribution in [0.3, 0.4) is 0 Å². The Morgan fingerprint density at radius 1 is 1.38 bits per heavy atom. The normalized spacial score (nSPS) is 21.8. The van der Waals surface area contributed by atoms with Crippen LogP contribution in [0, 0.1) is 0 Å². The molecule has 4 N–H and O–H groups in total. The van der Waals surface area contributed by atoms with Crippen LogP contribution in [0.25, 0.3) is 0 Å². The molecule has 0 amide bonds. The minimum Gasteiger partial charge on any atom is -0.480 e. The largest absolute Gasteiger partial charge is 0.480 e. The maximum Gasteiger partial charge on any atom is 0.394 e. The first-order valence-corrected chi connectivity index (χ1v) is 4.86. The molecule has 1 atom stereocenters. The lowest BCUT2D eigenvalue weighted by molar-refractivity contribution is -0.139. The lowest BCUT2D eigenvalue weighted by Crippen LogP contribution is -2.29. The summed E-state index contributed by atoms with van der Waals surface area (Å²) >= 11 is 0. The molecule has 0 aromatic carbocycles. The second kappa shape index (κ2) is 5.12. The third-order valence-electron chi connectivity index (χ3n) is 1.36. The number of hydrogen-bond donors (Lipinski definition) is 4. The van der Waals surface area contributed by atoms with Gasteiger partial charge in [-0.3, -0.25) is 13.9 Å². The standard InChI is InChI=1S/C5H9NO2.H2O4S/c7-5(8)4-2-1-3-6-4;1-5(2,3)4/h4,6H,1-3H2,(H,7,8);(H2,1,2,3,4). The molecule has 1 aliphatic heterocycles. The molecule has 0 aromatic rings. The first-order valence-electron chi connectivity index (χ1n) is 3.47. The highest BCUT2D eigenvalue weighted by atomic mass is 32.3. The third-order valence-corrected chi connectivity index (χ3v) is 1.36. The van der Waals surface area contributed by atoms with Crippen molar-refractivity contribution in [3.05, 3.63) is 0 Å². The number of nitrogens with one attached hydrogen (secondary N) is 1. The summed E-state index contributed by atoms with van der Waals surface area (Å²) in [7, 11) is -4.67. The summed E-state index contributed by atoms with van der Waals surface area (Å²) in [6, 6.07) is -0.269. The molecule has 0 aliphatic carbocycles. The Bertz CT molecular complexity index is 246. The molecule has 0 radical (unpaired) electrons. The highest BCUT2D eigenvalue weighted by Crippen LogP contribution is 2.03. The molecule has 0 bridgehead atoms. The zero-order valence-electron chi connectivity index (χ0n) is 6.67. The van der Waals surface area contributed by atoms with Crippen molar-refractivity contribution in [2.45, 2.75) is 18.9 Å². The van der Waals surface area contributed by atoms with Gasteiger partial charge in [-0.15, -0.1) is 0 Å². The fraction of sp³-hybridized carbons (Fsp3) is 0.800. The van der Waals surface area contributed by atoms with Gasteiger partial charge in [0.15, 0.2) is 0 Å². The van der Waals surface area contributed by atoms with E-state index in [1.165, 1.54) is 0 Å². The lowest BCUT2D eigenvalue weighted by Gasteiger charge is -1.99. The monoisotopic (exact) mass is 213 g/mol. The highest BCUT2D eigenvalue weighted by molar-refractivity contribution is 7.79. The van der Waals surface area contributed by atoms with E-state index in [0.29, 0.717) is 0 Å². The number of aliphatic carboxylic acids is 1. The quantitative estimate of drug-likeness (QED) is 0.419. The van der Waals surface area contributed by atoms with Gasteiger partial charge in [-0.2, -0.15) is 8.42 Å². The Balaban J connectivity index is 0.000000252. The maximum atomic E-state index is 10.1. The van der Waals surface area contributed by atoms with Crippen molar-refractivity contribution in [1.29, 1.82) is 0 Å². The minimum atomic E-state index is -4.67. The number of carbonyl (C=O) groups is 1. The number of hydrogen-bond acceptors (Lipinski definition) is 4. The van der Waals surface area contributed by atoms with Gasteiger partial charge in [0.2, 0.25) is 0 Å². The molecule has 1 rings (SSSR count). The Morgan fingerprint density at radius 3 is 2.00 bits per heavy atom. The summed E-state index contributed by atoms with van der Waals surface area (Å²) in [5.41, 5.74) is 0. The van der Waals surface area contributed by atoms with E-state index in [1.54, 1.807) is 0 Å². The van der Waals surface area contributed by atoms with E-state index in [9.17, 15) is 4.79 Å². The van der Waals surface area contributed by atoms with Crippen LogP contribution < -0.4 is 5.32 Å². The van der Waals surface area contributed by atoms with Crippen molar-refractivity contribution in [3.8, 4) is 0 Å². The Hall–Kier alpha value is -0.700. The van der Waals surface area contributed by atoms with Crippen molar-refractivity contribution >= 4 is 16.4 Å². The van der Waals surface area contributed by atoms with Crippen LogP contribution >= 0.6 is 0 Å². The molecule has 1 aliphatic rings. The van der Waals surface area contributed by atoms with E-state index in [2.05, 4.69) is 5.32 Å². The van der Waals surface area contributed by atoms with Crippen molar-refractivity contribution in [1.82, 2.24) is 5.32 Å². The molecule has 0 aromatic heterocycles. The molecule has 0 saturated carbocycles.